The predicted molar refractivity (Wildman–Crippen MR) is 12.1 cm³/mol. The molecule has 8 heavy (non-hydrogen) atoms. The van der Waals surface area contributed by atoms with Crippen molar-refractivity contribution >= 4 is 0 Å². The summed E-state index contributed by atoms with van der Waals surface area (Å²) in [6.07, 6.45) is -8.45. The molecule has 0 fully saturated rings. The smallest absolute Gasteiger partial charge is 0.825 e. The van der Waals surface area contributed by atoms with Gasteiger partial charge in [-0.2, -0.15) is 13.2 Å². The summed E-state index contributed by atoms with van der Waals surface area (Å²) in [5.74, 6) is 0. The molecule has 0 amide bonds. The molecule has 0 aliphatic carbocycles. The fourth-order valence-corrected chi connectivity index (χ4v) is 0. The van der Waals surface area contributed by atoms with Crippen LogP contribution in [-0.2, 0) is 0 Å². The summed E-state index contributed by atoms with van der Waals surface area (Å²) >= 11 is 0. The maximum atomic E-state index is 10.6. The molecule has 1 unspecified atom stereocenters. The fourth-order valence-electron chi connectivity index (χ4n) is 0. The Morgan fingerprint density at radius 3 is 1.50 bits per heavy atom. The van der Waals surface area contributed by atoms with E-state index in [4.69, 9.17) is 10.2 Å². The summed E-state index contributed by atoms with van der Waals surface area (Å²) in [7, 11) is 0. The molecule has 0 bridgehead atoms. The van der Waals surface area contributed by atoms with E-state index in [1.165, 1.54) is 0 Å². The maximum Gasteiger partial charge on any atom is 1.00 e. The molecule has 0 rings (SSSR count). The van der Waals surface area contributed by atoms with Gasteiger partial charge in [0.25, 0.3) is 0 Å². The van der Waals surface area contributed by atoms with Gasteiger partial charge in [0.15, 0.2) is 0 Å². The van der Waals surface area contributed by atoms with E-state index in [-0.39, 0.29) is 29.6 Å². The van der Waals surface area contributed by atoms with Gasteiger partial charge in [0.1, 0.15) is 0 Å². The second-order valence-corrected chi connectivity index (χ2v) is 0.894. The molecular formula is C2H2F3NaO2. The van der Waals surface area contributed by atoms with Gasteiger partial charge in [-0.05, 0) is 0 Å². The number of aliphatic hydroxyl groups excluding tert-OH is 1. The zero-order chi connectivity index (χ0) is 6.08. The summed E-state index contributed by atoms with van der Waals surface area (Å²) in [5.41, 5.74) is 0. The van der Waals surface area contributed by atoms with Crippen LogP contribution in [0.4, 0.5) is 13.2 Å². The van der Waals surface area contributed by atoms with Crippen molar-refractivity contribution < 1.29 is 52.9 Å². The van der Waals surface area contributed by atoms with Crippen molar-refractivity contribution in [3.63, 3.8) is 0 Å². The molecule has 6 heteroatoms. The molecule has 0 heterocycles. The SMILES string of the molecule is [Na+].[O-]C(O)C(F)(F)F. The Bertz CT molecular complexity index is 60.8. The van der Waals surface area contributed by atoms with Gasteiger partial charge >= 0.3 is 35.7 Å². The van der Waals surface area contributed by atoms with Crippen molar-refractivity contribution in [3.8, 4) is 0 Å². The number of rotatable bonds is 0. The maximum absolute atomic E-state index is 10.6. The van der Waals surface area contributed by atoms with Gasteiger partial charge in [-0.3, -0.25) is 0 Å². The quantitative estimate of drug-likeness (QED) is 0.276. The largest absolute Gasteiger partial charge is 1.00 e. The van der Waals surface area contributed by atoms with E-state index in [0.29, 0.717) is 0 Å². The van der Waals surface area contributed by atoms with Crippen LogP contribution in [0.1, 0.15) is 0 Å². The van der Waals surface area contributed by atoms with Gasteiger partial charge < -0.3 is 10.2 Å². The molecule has 0 saturated heterocycles. The summed E-state index contributed by atoms with van der Waals surface area (Å²) < 4.78 is 31.8. The van der Waals surface area contributed by atoms with Crippen molar-refractivity contribution in [1.82, 2.24) is 0 Å². The van der Waals surface area contributed by atoms with Gasteiger partial charge in [0.2, 0.25) is 0 Å². The Balaban J connectivity index is 0. The number of hydrogen-bond acceptors (Lipinski definition) is 2. The predicted octanol–water partition coefficient (Wildman–Crippen LogP) is -3.77. The molecule has 1 atom stereocenters. The molecule has 0 spiro atoms. The minimum absolute atomic E-state index is 0. The Morgan fingerprint density at radius 2 is 1.50 bits per heavy atom. The average molecular weight is 138 g/mol. The van der Waals surface area contributed by atoms with Crippen molar-refractivity contribution in [1.29, 1.82) is 0 Å². The van der Waals surface area contributed by atoms with E-state index in [1.54, 1.807) is 0 Å². The molecule has 0 aliphatic heterocycles. The van der Waals surface area contributed by atoms with Crippen LogP contribution in [0.2, 0.25) is 0 Å². The Kier molecular flexibility index (Phi) is 5.29. The third kappa shape index (κ3) is 4.86. The first kappa shape index (κ1) is 11.5. The second-order valence-electron chi connectivity index (χ2n) is 0.894. The second kappa shape index (κ2) is 3.68. The van der Waals surface area contributed by atoms with Crippen LogP contribution < -0.4 is 34.7 Å². The third-order valence-corrected chi connectivity index (χ3v) is 0.280. The van der Waals surface area contributed by atoms with Crippen LogP contribution in [0, 0.1) is 0 Å². The summed E-state index contributed by atoms with van der Waals surface area (Å²) in [6.45, 7) is 0. The minimum atomic E-state index is -5.00. The first-order valence-electron chi connectivity index (χ1n) is 1.35. The zero-order valence-corrected chi connectivity index (χ0v) is 6.07. The summed E-state index contributed by atoms with van der Waals surface area (Å²) in [6, 6.07) is 0. The normalized spacial score (nSPS) is 14.6. The molecule has 0 aromatic carbocycles. The minimum Gasteiger partial charge on any atom is -0.825 e. The van der Waals surface area contributed by atoms with Gasteiger partial charge in [-0.15, -0.1) is 0 Å². The molecule has 0 radical (unpaired) electrons. The summed E-state index contributed by atoms with van der Waals surface area (Å²) in [4.78, 5) is 0. The van der Waals surface area contributed by atoms with Crippen molar-refractivity contribution in [2.45, 2.75) is 12.5 Å². The van der Waals surface area contributed by atoms with Gasteiger partial charge in [0.05, 0.1) is 6.29 Å². The first-order chi connectivity index (χ1) is 2.94. The topological polar surface area (TPSA) is 43.3 Å². The van der Waals surface area contributed by atoms with Crippen LogP contribution in [0.25, 0.3) is 0 Å². The Morgan fingerprint density at radius 1 is 1.38 bits per heavy atom. The molecule has 1 N–H and O–H groups in total. The van der Waals surface area contributed by atoms with E-state index >= 15 is 0 Å². The summed E-state index contributed by atoms with van der Waals surface area (Å²) in [5, 5.41) is 16.2. The number of halogens is 3. The molecule has 2 nitrogen and oxygen atoms in total. The standard InChI is InChI=1S/C2H2F3O2.Na/c3-2(4,5)1(6)7;/h1,6H;/q-1;+1. The van der Waals surface area contributed by atoms with Crippen LogP contribution in [0.3, 0.4) is 0 Å². The van der Waals surface area contributed by atoms with Gasteiger partial charge in [0, 0.05) is 0 Å². The number of aliphatic hydroxyl groups is 1. The molecule has 44 valence electrons. The molecule has 0 aromatic heterocycles. The molecule has 0 aromatic rings. The van der Waals surface area contributed by atoms with Gasteiger partial charge in [-0.25, -0.2) is 0 Å². The Hall–Kier alpha value is 0.710. The average Bonchev–Trinajstić information content (AvgIpc) is 1.31. The fraction of sp³-hybridized carbons (Fsp3) is 1.00. The van der Waals surface area contributed by atoms with Gasteiger partial charge in [-0.1, -0.05) is 0 Å². The first-order valence-corrected chi connectivity index (χ1v) is 1.35. The van der Waals surface area contributed by atoms with Crippen LogP contribution in [0.5, 0.6) is 0 Å². The number of hydrogen-bond donors (Lipinski definition) is 1. The van der Waals surface area contributed by atoms with Crippen LogP contribution in [-0.4, -0.2) is 17.6 Å². The van der Waals surface area contributed by atoms with Crippen LogP contribution >= 0.6 is 0 Å². The van der Waals surface area contributed by atoms with Crippen LogP contribution in [0.15, 0.2) is 0 Å². The van der Waals surface area contributed by atoms with Crippen molar-refractivity contribution in [3.05, 3.63) is 0 Å². The third-order valence-electron chi connectivity index (χ3n) is 0.280. The van der Waals surface area contributed by atoms with Crippen molar-refractivity contribution in [2.24, 2.45) is 0 Å². The van der Waals surface area contributed by atoms with E-state index in [1.807, 2.05) is 0 Å². The van der Waals surface area contributed by atoms with E-state index in [0.717, 1.165) is 0 Å². The molecule has 0 saturated carbocycles. The zero-order valence-electron chi connectivity index (χ0n) is 4.07. The Labute approximate surface area is 65.6 Å². The number of alkyl halides is 3. The van der Waals surface area contributed by atoms with E-state index < -0.39 is 12.5 Å². The van der Waals surface area contributed by atoms with Crippen molar-refractivity contribution in [2.75, 3.05) is 0 Å². The van der Waals surface area contributed by atoms with E-state index in [2.05, 4.69) is 0 Å². The molecular weight excluding hydrogens is 136 g/mol. The monoisotopic (exact) mass is 138 g/mol. The van der Waals surface area contributed by atoms with E-state index in [9.17, 15) is 13.2 Å². The molecule has 0 aliphatic rings.